The molecule has 1 aromatic carbocycles. The predicted molar refractivity (Wildman–Crippen MR) is 86.3 cm³/mol. The van der Waals surface area contributed by atoms with Crippen LogP contribution < -0.4 is 4.74 Å². The van der Waals surface area contributed by atoms with Crippen molar-refractivity contribution in [3.05, 3.63) is 29.3 Å². The Balaban J connectivity index is 2.41. The molecular formula is C16H20ClN3O2. The zero-order chi connectivity index (χ0) is 16.1. The van der Waals surface area contributed by atoms with Crippen molar-refractivity contribution in [3.63, 3.8) is 0 Å². The molecule has 0 fully saturated rings. The molecule has 5 nitrogen and oxygen atoms in total. The molecule has 0 saturated carbocycles. The van der Waals surface area contributed by atoms with Gasteiger partial charge < -0.3 is 4.74 Å². The SMILES string of the molecule is CCCOc1nc(-c2cccc(Cl)c2)n(C(=O)CC(C)C)n1. The quantitative estimate of drug-likeness (QED) is 0.804. The molecule has 2 aromatic rings. The van der Waals surface area contributed by atoms with Crippen LogP contribution in [0.2, 0.25) is 5.02 Å². The molecule has 1 heterocycles. The first-order valence-electron chi connectivity index (χ1n) is 7.40. The van der Waals surface area contributed by atoms with Crippen LogP contribution in [0.25, 0.3) is 11.4 Å². The number of benzene rings is 1. The van der Waals surface area contributed by atoms with E-state index in [9.17, 15) is 4.79 Å². The highest BCUT2D eigenvalue weighted by Crippen LogP contribution is 2.23. The number of ether oxygens (including phenoxy) is 1. The fourth-order valence-corrected chi connectivity index (χ4v) is 2.16. The van der Waals surface area contributed by atoms with Crippen molar-refractivity contribution in [1.82, 2.24) is 14.8 Å². The summed E-state index contributed by atoms with van der Waals surface area (Å²) in [5, 5.41) is 4.78. The first-order chi connectivity index (χ1) is 10.5. The second-order valence-corrected chi connectivity index (χ2v) is 5.92. The maximum absolute atomic E-state index is 12.4. The average Bonchev–Trinajstić information content (AvgIpc) is 2.88. The summed E-state index contributed by atoms with van der Waals surface area (Å²) in [6, 6.07) is 7.41. The third-order valence-corrected chi connectivity index (χ3v) is 3.16. The van der Waals surface area contributed by atoms with E-state index in [-0.39, 0.29) is 17.8 Å². The van der Waals surface area contributed by atoms with E-state index >= 15 is 0 Å². The van der Waals surface area contributed by atoms with Gasteiger partial charge in [0, 0.05) is 17.0 Å². The highest BCUT2D eigenvalue weighted by atomic mass is 35.5. The van der Waals surface area contributed by atoms with E-state index in [1.54, 1.807) is 12.1 Å². The third kappa shape index (κ3) is 4.07. The molecule has 0 aliphatic heterocycles. The van der Waals surface area contributed by atoms with Crippen LogP contribution in [0.15, 0.2) is 24.3 Å². The first-order valence-corrected chi connectivity index (χ1v) is 7.78. The molecule has 0 amide bonds. The molecule has 6 heteroatoms. The molecule has 118 valence electrons. The van der Waals surface area contributed by atoms with Gasteiger partial charge >= 0.3 is 6.01 Å². The summed E-state index contributed by atoms with van der Waals surface area (Å²) in [6.45, 7) is 6.49. The Hall–Kier alpha value is -1.88. The summed E-state index contributed by atoms with van der Waals surface area (Å²) >= 11 is 6.03. The van der Waals surface area contributed by atoms with Crippen molar-refractivity contribution >= 4 is 17.5 Å². The van der Waals surface area contributed by atoms with Crippen LogP contribution in [-0.4, -0.2) is 27.3 Å². The zero-order valence-electron chi connectivity index (χ0n) is 13.0. The number of rotatable bonds is 6. The molecule has 2 rings (SSSR count). The fraction of sp³-hybridized carbons (Fsp3) is 0.438. The van der Waals surface area contributed by atoms with Crippen LogP contribution in [-0.2, 0) is 0 Å². The molecule has 0 atom stereocenters. The highest BCUT2D eigenvalue weighted by Gasteiger charge is 2.19. The highest BCUT2D eigenvalue weighted by molar-refractivity contribution is 6.30. The maximum Gasteiger partial charge on any atom is 0.336 e. The van der Waals surface area contributed by atoms with E-state index in [0.717, 1.165) is 12.0 Å². The monoisotopic (exact) mass is 321 g/mol. The van der Waals surface area contributed by atoms with Gasteiger partial charge in [0.15, 0.2) is 5.82 Å². The largest absolute Gasteiger partial charge is 0.462 e. The van der Waals surface area contributed by atoms with E-state index in [1.807, 2.05) is 32.9 Å². The van der Waals surface area contributed by atoms with Gasteiger partial charge in [0.1, 0.15) is 0 Å². The van der Waals surface area contributed by atoms with Crippen LogP contribution in [0.5, 0.6) is 6.01 Å². The van der Waals surface area contributed by atoms with Crippen molar-refractivity contribution in [2.24, 2.45) is 5.92 Å². The van der Waals surface area contributed by atoms with Crippen LogP contribution >= 0.6 is 11.6 Å². The van der Waals surface area contributed by atoms with Crippen molar-refractivity contribution in [1.29, 1.82) is 0 Å². The Morgan fingerprint density at radius 2 is 2.18 bits per heavy atom. The molecule has 1 aromatic heterocycles. The Kier molecular flexibility index (Phi) is 5.55. The molecular weight excluding hydrogens is 302 g/mol. The van der Waals surface area contributed by atoms with E-state index in [1.165, 1.54) is 4.68 Å². The minimum Gasteiger partial charge on any atom is -0.462 e. The fourth-order valence-electron chi connectivity index (χ4n) is 1.97. The lowest BCUT2D eigenvalue weighted by Gasteiger charge is -2.06. The molecule has 0 aliphatic carbocycles. The topological polar surface area (TPSA) is 57.0 Å². The molecule has 0 saturated heterocycles. The van der Waals surface area contributed by atoms with E-state index < -0.39 is 0 Å². The number of hydrogen-bond acceptors (Lipinski definition) is 4. The molecule has 0 unspecified atom stereocenters. The van der Waals surface area contributed by atoms with Crippen LogP contribution in [0.4, 0.5) is 0 Å². The van der Waals surface area contributed by atoms with Gasteiger partial charge in [0.25, 0.3) is 0 Å². The van der Waals surface area contributed by atoms with Crippen molar-refractivity contribution in [2.45, 2.75) is 33.6 Å². The van der Waals surface area contributed by atoms with E-state index in [0.29, 0.717) is 23.9 Å². The minimum atomic E-state index is -0.108. The van der Waals surface area contributed by atoms with Crippen molar-refractivity contribution in [3.8, 4) is 17.4 Å². The Bertz CT molecular complexity index is 653. The summed E-state index contributed by atoms with van der Waals surface area (Å²) in [6.07, 6.45) is 1.24. The van der Waals surface area contributed by atoms with E-state index in [2.05, 4.69) is 10.1 Å². The Labute approximate surface area is 135 Å². The van der Waals surface area contributed by atoms with Gasteiger partial charge in [-0.2, -0.15) is 9.67 Å². The van der Waals surface area contributed by atoms with Gasteiger partial charge in [-0.25, -0.2) is 0 Å². The standard InChI is InChI=1S/C16H20ClN3O2/c1-4-8-22-16-18-15(12-6-5-7-13(17)10-12)20(19-16)14(21)9-11(2)3/h5-7,10-11H,4,8-9H2,1-3H3. The first kappa shape index (κ1) is 16.5. The Morgan fingerprint density at radius 3 is 2.82 bits per heavy atom. The lowest BCUT2D eigenvalue weighted by atomic mass is 10.1. The normalized spacial score (nSPS) is 11.0. The Morgan fingerprint density at radius 1 is 1.41 bits per heavy atom. The lowest BCUT2D eigenvalue weighted by molar-refractivity contribution is 0.0870. The summed E-state index contributed by atoms with van der Waals surface area (Å²) < 4.78 is 6.77. The smallest absolute Gasteiger partial charge is 0.336 e. The summed E-state index contributed by atoms with van der Waals surface area (Å²) in [7, 11) is 0. The number of halogens is 1. The number of hydrogen-bond donors (Lipinski definition) is 0. The number of carbonyl (C=O) groups excluding carboxylic acids is 1. The van der Waals surface area contributed by atoms with Crippen LogP contribution in [0, 0.1) is 5.92 Å². The zero-order valence-corrected chi connectivity index (χ0v) is 13.8. The molecule has 0 bridgehead atoms. The minimum absolute atomic E-state index is 0.108. The van der Waals surface area contributed by atoms with Gasteiger partial charge in [-0.1, -0.05) is 44.5 Å². The maximum atomic E-state index is 12.4. The van der Waals surface area contributed by atoms with Crippen molar-refractivity contribution in [2.75, 3.05) is 6.61 Å². The second-order valence-electron chi connectivity index (χ2n) is 5.48. The van der Waals surface area contributed by atoms with Crippen LogP contribution in [0.1, 0.15) is 38.4 Å². The number of aromatic nitrogens is 3. The molecule has 0 N–H and O–H groups in total. The van der Waals surface area contributed by atoms with Gasteiger partial charge in [0.2, 0.25) is 5.91 Å². The van der Waals surface area contributed by atoms with Gasteiger partial charge in [0.05, 0.1) is 6.61 Å². The summed E-state index contributed by atoms with van der Waals surface area (Å²) in [5.74, 6) is 0.590. The molecule has 0 radical (unpaired) electrons. The summed E-state index contributed by atoms with van der Waals surface area (Å²) in [5.41, 5.74) is 0.739. The predicted octanol–water partition coefficient (Wildman–Crippen LogP) is 4.07. The second kappa shape index (κ2) is 7.40. The van der Waals surface area contributed by atoms with Crippen LogP contribution in [0.3, 0.4) is 0 Å². The van der Waals surface area contributed by atoms with Crippen molar-refractivity contribution < 1.29 is 9.53 Å². The lowest BCUT2D eigenvalue weighted by Crippen LogP contribution is -2.16. The van der Waals surface area contributed by atoms with Gasteiger partial charge in [-0.15, -0.1) is 5.10 Å². The number of nitrogens with zero attached hydrogens (tertiary/aromatic N) is 3. The summed E-state index contributed by atoms with van der Waals surface area (Å²) in [4.78, 5) is 16.7. The van der Waals surface area contributed by atoms with Gasteiger partial charge in [-0.3, -0.25) is 4.79 Å². The third-order valence-electron chi connectivity index (χ3n) is 2.92. The van der Waals surface area contributed by atoms with E-state index in [4.69, 9.17) is 16.3 Å². The molecule has 0 aliphatic rings. The van der Waals surface area contributed by atoms with Gasteiger partial charge in [-0.05, 0) is 24.5 Å². The average molecular weight is 322 g/mol. The molecule has 22 heavy (non-hydrogen) atoms. The molecule has 0 spiro atoms. The number of carbonyl (C=O) groups is 1.